The molecule has 21 heavy (non-hydrogen) atoms. The van der Waals surface area contributed by atoms with E-state index >= 15 is 0 Å². The standard InChI is InChI=1S/C12H11ClF3NO4/c1-20-6-11(19)21-5-10(18)17-9-4-7(12(14,15)16)2-3-8(9)13/h2-4H,5-6H2,1H3,(H,17,18). The summed E-state index contributed by atoms with van der Waals surface area (Å²) < 4.78 is 46.6. The van der Waals surface area contributed by atoms with E-state index in [0.29, 0.717) is 6.07 Å². The number of rotatable bonds is 5. The van der Waals surface area contributed by atoms with Crippen LogP contribution in [-0.2, 0) is 25.2 Å². The number of anilines is 1. The largest absolute Gasteiger partial charge is 0.454 e. The quantitative estimate of drug-likeness (QED) is 0.845. The Kier molecular flexibility index (Phi) is 5.98. The van der Waals surface area contributed by atoms with Crippen molar-refractivity contribution < 1.29 is 32.2 Å². The molecule has 0 radical (unpaired) electrons. The zero-order valence-electron chi connectivity index (χ0n) is 10.8. The van der Waals surface area contributed by atoms with Crippen LogP contribution in [0.5, 0.6) is 0 Å². The van der Waals surface area contributed by atoms with Gasteiger partial charge in [-0.05, 0) is 18.2 Å². The Balaban J connectivity index is 2.69. The molecule has 116 valence electrons. The summed E-state index contributed by atoms with van der Waals surface area (Å²) >= 11 is 5.69. The molecule has 0 atom stereocenters. The molecule has 0 bridgehead atoms. The summed E-state index contributed by atoms with van der Waals surface area (Å²) in [5.41, 5.74) is -1.18. The Morgan fingerprint density at radius 2 is 1.95 bits per heavy atom. The highest BCUT2D eigenvalue weighted by Gasteiger charge is 2.31. The van der Waals surface area contributed by atoms with Gasteiger partial charge in [0.2, 0.25) is 0 Å². The van der Waals surface area contributed by atoms with Gasteiger partial charge in [-0.3, -0.25) is 4.79 Å². The van der Waals surface area contributed by atoms with Gasteiger partial charge in [0.05, 0.1) is 16.3 Å². The van der Waals surface area contributed by atoms with E-state index in [1.54, 1.807) is 0 Å². The summed E-state index contributed by atoms with van der Waals surface area (Å²) in [6, 6.07) is 2.49. The van der Waals surface area contributed by atoms with Gasteiger partial charge in [-0.15, -0.1) is 0 Å². The van der Waals surface area contributed by atoms with Gasteiger partial charge in [-0.1, -0.05) is 11.6 Å². The van der Waals surface area contributed by atoms with Gasteiger partial charge in [0, 0.05) is 7.11 Å². The van der Waals surface area contributed by atoms with Crippen LogP contribution in [0.1, 0.15) is 5.56 Å². The van der Waals surface area contributed by atoms with Gasteiger partial charge in [0.25, 0.3) is 5.91 Å². The Labute approximate surface area is 123 Å². The molecule has 0 aromatic heterocycles. The summed E-state index contributed by atoms with van der Waals surface area (Å²) in [5, 5.41) is 2.06. The number of nitrogens with one attached hydrogen (secondary N) is 1. The number of hydrogen-bond acceptors (Lipinski definition) is 4. The van der Waals surface area contributed by atoms with Crippen molar-refractivity contribution in [3.8, 4) is 0 Å². The van der Waals surface area contributed by atoms with Crippen LogP contribution in [0.15, 0.2) is 18.2 Å². The molecule has 0 aliphatic heterocycles. The Morgan fingerprint density at radius 3 is 2.52 bits per heavy atom. The summed E-state index contributed by atoms with van der Waals surface area (Å²) in [5.74, 6) is -1.59. The predicted octanol–water partition coefficient (Wildman–Crippen LogP) is 2.49. The highest BCUT2D eigenvalue weighted by molar-refractivity contribution is 6.33. The van der Waals surface area contributed by atoms with Crippen molar-refractivity contribution in [3.63, 3.8) is 0 Å². The first-order chi connectivity index (χ1) is 9.74. The molecule has 0 fully saturated rings. The Bertz CT molecular complexity index is 534. The predicted molar refractivity (Wildman–Crippen MR) is 67.9 cm³/mol. The second-order valence-corrected chi connectivity index (χ2v) is 4.24. The van der Waals surface area contributed by atoms with Crippen LogP contribution in [0.2, 0.25) is 5.02 Å². The SMILES string of the molecule is COCC(=O)OCC(=O)Nc1cc(C(F)(F)F)ccc1Cl. The Hall–Kier alpha value is -1.80. The third-order valence-corrected chi connectivity index (χ3v) is 2.52. The van der Waals surface area contributed by atoms with Crippen LogP contribution in [0.4, 0.5) is 18.9 Å². The van der Waals surface area contributed by atoms with Crippen molar-refractivity contribution >= 4 is 29.2 Å². The monoisotopic (exact) mass is 325 g/mol. The van der Waals surface area contributed by atoms with Crippen LogP contribution in [-0.4, -0.2) is 32.2 Å². The van der Waals surface area contributed by atoms with Crippen molar-refractivity contribution in [2.45, 2.75) is 6.18 Å². The molecular weight excluding hydrogens is 315 g/mol. The van der Waals surface area contributed by atoms with Crippen molar-refractivity contribution in [2.24, 2.45) is 0 Å². The lowest BCUT2D eigenvalue weighted by molar-refractivity contribution is -0.150. The number of carbonyl (C=O) groups is 2. The first kappa shape index (κ1) is 17.3. The highest BCUT2D eigenvalue weighted by Crippen LogP contribution is 2.33. The fourth-order valence-electron chi connectivity index (χ4n) is 1.29. The highest BCUT2D eigenvalue weighted by atomic mass is 35.5. The van der Waals surface area contributed by atoms with E-state index in [-0.39, 0.29) is 17.3 Å². The van der Waals surface area contributed by atoms with E-state index in [4.69, 9.17) is 11.6 Å². The lowest BCUT2D eigenvalue weighted by atomic mass is 10.2. The van der Waals surface area contributed by atoms with E-state index in [9.17, 15) is 22.8 Å². The number of halogens is 4. The first-order valence-electron chi connectivity index (χ1n) is 5.55. The number of benzene rings is 1. The topological polar surface area (TPSA) is 64.6 Å². The average molecular weight is 326 g/mol. The first-order valence-corrected chi connectivity index (χ1v) is 5.93. The molecule has 5 nitrogen and oxygen atoms in total. The van der Waals surface area contributed by atoms with Crippen molar-refractivity contribution in [2.75, 3.05) is 25.6 Å². The summed E-state index contributed by atoms with van der Waals surface area (Å²) in [6.07, 6.45) is -4.56. The second-order valence-electron chi connectivity index (χ2n) is 3.83. The maximum absolute atomic E-state index is 12.5. The molecule has 1 aromatic carbocycles. The molecule has 1 rings (SSSR count). The maximum Gasteiger partial charge on any atom is 0.416 e. The maximum atomic E-state index is 12.5. The van der Waals surface area contributed by atoms with E-state index in [0.717, 1.165) is 12.1 Å². The average Bonchev–Trinajstić information content (AvgIpc) is 2.38. The third-order valence-electron chi connectivity index (χ3n) is 2.19. The molecule has 1 N–H and O–H groups in total. The number of hydrogen-bond donors (Lipinski definition) is 1. The van der Waals surface area contributed by atoms with Crippen molar-refractivity contribution in [1.82, 2.24) is 0 Å². The number of ether oxygens (including phenoxy) is 2. The van der Waals surface area contributed by atoms with Gasteiger partial charge in [-0.25, -0.2) is 4.79 Å². The molecule has 0 heterocycles. The molecule has 0 spiro atoms. The Morgan fingerprint density at radius 1 is 1.29 bits per heavy atom. The van der Waals surface area contributed by atoms with E-state index in [1.165, 1.54) is 7.11 Å². The zero-order chi connectivity index (χ0) is 16.0. The minimum Gasteiger partial charge on any atom is -0.454 e. The van der Waals surface area contributed by atoms with E-state index < -0.39 is 30.2 Å². The summed E-state index contributed by atoms with van der Waals surface area (Å²) in [6.45, 7) is -0.994. The minimum atomic E-state index is -4.56. The molecule has 0 saturated carbocycles. The van der Waals surface area contributed by atoms with Crippen LogP contribution in [0.25, 0.3) is 0 Å². The van der Waals surface area contributed by atoms with Crippen molar-refractivity contribution in [3.05, 3.63) is 28.8 Å². The summed E-state index contributed by atoms with van der Waals surface area (Å²) in [4.78, 5) is 22.4. The fraction of sp³-hybridized carbons (Fsp3) is 0.333. The van der Waals surface area contributed by atoms with Gasteiger partial charge in [0.15, 0.2) is 6.61 Å². The molecular formula is C12H11ClF3NO4. The van der Waals surface area contributed by atoms with Gasteiger partial charge >= 0.3 is 12.1 Å². The number of alkyl halides is 3. The van der Waals surface area contributed by atoms with Gasteiger partial charge in [0.1, 0.15) is 6.61 Å². The number of amides is 1. The zero-order valence-corrected chi connectivity index (χ0v) is 11.5. The van der Waals surface area contributed by atoms with Crippen LogP contribution in [0, 0.1) is 0 Å². The normalized spacial score (nSPS) is 11.1. The summed E-state index contributed by atoms with van der Waals surface area (Å²) in [7, 11) is 1.27. The van der Waals surface area contributed by atoms with Crippen molar-refractivity contribution in [1.29, 1.82) is 0 Å². The smallest absolute Gasteiger partial charge is 0.416 e. The molecule has 9 heteroatoms. The number of esters is 1. The molecule has 0 saturated heterocycles. The molecule has 1 amide bonds. The molecule has 0 aliphatic rings. The van der Waals surface area contributed by atoms with Crippen LogP contribution >= 0.6 is 11.6 Å². The number of methoxy groups -OCH3 is 1. The minimum absolute atomic E-state index is 0.0698. The second kappa shape index (κ2) is 7.28. The van der Waals surface area contributed by atoms with Gasteiger partial charge < -0.3 is 14.8 Å². The molecule has 0 aliphatic carbocycles. The van der Waals surface area contributed by atoms with Crippen LogP contribution < -0.4 is 5.32 Å². The third kappa shape index (κ3) is 5.60. The molecule has 1 aromatic rings. The molecule has 0 unspecified atom stereocenters. The van der Waals surface area contributed by atoms with Gasteiger partial charge in [-0.2, -0.15) is 13.2 Å². The van der Waals surface area contributed by atoms with Crippen LogP contribution in [0.3, 0.4) is 0 Å². The lowest BCUT2D eigenvalue weighted by Gasteiger charge is -2.11. The fourth-order valence-corrected chi connectivity index (χ4v) is 1.45. The van der Waals surface area contributed by atoms with E-state index in [2.05, 4.69) is 14.8 Å². The number of carbonyl (C=O) groups excluding carboxylic acids is 2. The van der Waals surface area contributed by atoms with E-state index in [1.807, 2.05) is 0 Å². The lowest BCUT2D eigenvalue weighted by Crippen LogP contribution is -2.23.